The summed E-state index contributed by atoms with van der Waals surface area (Å²) in [5, 5.41) is 6.31. The van der Waals surface area contributed by atoms with Crippen LogP contribution >= 0.6 is 36.2 Å². The van der Waals surface area contributed by atoms with Gasteiger partial charge in [-0.15, -0.1) is 36.2 Å². The number of amides is 1. The molecule has 8 heteroatoms. The summed E-state index contributed by atoms with van der Waals surface area (Å²) < 4.78 is 0. The molecule has 0 saturated carbocycles. The second kappa shape index (κ2) is 8.25. The number of rotatable bonds is 3. The van der Waals surface area contributed by atoms with Gasteiger partial charge in [-0.05, 0) is 24.0 Å². The average molecular weight is 387 g/mol. The Hall–Kier alpha value is -1.21. The number of pyridine rings is 1. The molecule has 1 N–H and O–H groups in total. The van der Waals surface area contributed by atoms with E-state index in [9.17, 15) is 4.79 Å². The van der Waals surface area contributed by atoms with E-state index in [4.69, 9.17) is 0 Å². The summed E-state index contributed by atoms with van der Waals surface area (Å²) in [5.74, 6) is 1.49. The third-order valence-electron chi connectivity index (χ3n) is 4.53. The predicted molar refractivity (Wildman–Crippen MR) is 100.0 cm³/mol. The van der Waals surface area contributed by atoms with Crippen LogP contribution in [0.2, 0.25) is 0 Å². The second-order valence-electron chi connectivity index (χ2n) is 6.04. The van der Waals surface area contributed by atoms with Gasteiger partial charge in [0.05, 0.1) is 12.1 Å². The molecule has 130 valence electrons. The maximum atomic E-state index is 12.4. The van der Waals surface area contributed by atoms with E-state index in [1.54, 1.807) is 23.7 Å². The number of nitrogens with zero attached hydrogens (tertiary/aromatic N) is 3. The van der Waals surface area contributed by atoms with Crippen LogP contribution in [0.3, 0.4) is 0 Å². The minimum Gasteiger partial charge on any atom is -0.342 e. The van der Waals surface area contributed by atoms with E-state index in [1.165, 1.54) is 0 Å². The van der Waals surface area contributed by atoms with Crippen LogP contribution in [0.1, 0.15) is 5.69 Å². The third-order valence-corrected chi connectivity index (χ3v) is 5.47. The van der Waals surface area contributed by atoms with Crippen molar-refractivity contribution in [3.63, 3.8) is 0 Å². The molecule has 4 rings (SSSR count). The van der Waals surface area contributed by atoms with Crippen molar-refractivity contribution in [1.82, 2.24) is 20.2 Å². The van der Waals surface area contributed by atoms with Crippen molar-refractivity contribution in [2.24, 2.45) is 11.8 Å². The number of hydrogen-bond donors (Lipinski definition) is 1. The highest BCUT2D eigenvalue weighted by Crippen LogP contribution is 2.27. The fourth-order valence-electron chi connectivity index (χ4n) is 3.34. The molecule has 0 radical (unpaired) electrons. The molecular formula is C16H20Cl2N4OS. The zero-order chi connectivity index (χ0) is 14.9. The van der Waals surface area contributed by atoms with Crippen LogP contribution < -0.4 is 5.32 Å². The molecule has 2 fully saturated rings. The van der Waals surface area contributed by atoms with Crippen molar-refractivity contribution < 1.29 is 4.79 Å². The monoisotopic (exact) mass is 386 g/mol. The Labute approximate surface area is 157 Å². The summed E-state index contributed by atoms with van der Waals surface area (Å²) in [4.78, 5) is 23.2. The fraction of sp³-hybridized carbons (Fsp3) is 0.438. The van der Waals surface area contributed by atoms with Gasteiger partial charge >= 0.3 is 0 Å². The lowest BCUT2D eigenvalue weighted by molar-refractivity contribution is -0.129. The van der Waals surface area contributed by atoms with Crippen LogP contribution in [0.4, 0.5) is 0 Å². The molecule has 0 spiro atoms. The molecule has 0 unspecified atom stereocenters. The van der Waals surface area contributed by atoms with Crippen molar-refractivity contribution in [2.45, 2.75) is 6.42 Å². The molecule has 2 aliphatic rings. The van der Waals surface area contributed by atoms with Crippen molar-refractivity contribution in [3.8, 4) is 10.6 Å². The molecule has 2 aromatic heterocycles. The number of halogens is 2. The normalized spacial score (nSPS) is 21.8. The largest absolute Gasteiger partial charge is 0.342 e. The van der Waals surface area contributed by atoms with Crippen molar-refractivity contribution >= 4 is 42.1 Å². The number of aromatic nitrogens is 2. The Kier molecular flexibility index (Phi) is 6.57. The minimum absolute atomic E-state index is 0. The first kappa shape index (κ1) is 19.1. The molecule has 5 nitrogen and oxygen atoms in total. The second-order valence-corrected chi connectivity index (χ2v) is 6.90. The van der Waals surface area contributed by atoms with E-state index in [-0.39, 0.29) is 30.7 Å². The Morgan fingerprint density at radius 2 is 2.04 bits per heavy atom. The van der Waals surface area contributed by atoms with E-state index < -0.39 is 0 Å². The highest BCUT2D eigenvalue weighted by molar-refractivity contribution is 7.13. The number of carbonyl (C=O) groups is 1. The van der Waals surface area contributed by atoms with Crippen LogP contribution in [-0.4, -0.2) is 47.0 Å². The highest BCUT2D eigenvalue weighted by Gasteiger charge is 2.37. The Morgan fingerprint density at radius 3 is 2.71 bits per heavy atom. The van der Waals surface area contributed by atoms with Crippen LogP contribution in [0.15, 0.2) is 29.9 Å². The quantitative estimate of drug-likeness (QED) is 0.878. The van der Waals surface area contributed by atoms with E-state index >= 15 is 0 Å². The first-order valence-electron chi connectivity index (χ1n) is 7.63. The van der Waals surface area contributed by atoms with Gasteiger partial charge in [0.15, 0.2) is 0 Å². The zero-order valence-corrected chi connectivity index (χ0v) is 15.5. The van der Waals surface area contributed by atoms with Gasteiger partial charge in [0, 0.05) is 49.5 Å². The average Bonchev–Trinajstić information content (AvgIpc) is 3.23. The smallest absolute Gasteiger partial charge is 0.228 e. The summed E-state index contributed by atoms with van der Waals surface area (Å²) in [6.07, 6.45) is 3.96. The van der Waals surface area contributed by atoms with E-state index in [1.807, 2.05) is 22.4 Å². The van der Waals surface area contributed by atoms with Gasteiger partial charge in [0.1, 0.15) is 5.01 Å². The first-order chi connectivity index (χ1) is 10.8. The van der Waals surface area contributed by atoms with E-state index in [0.29, 0.717) is 18.3 Å². The van der Waals surface area contributed by atoms with Gasteiger partial charge in [-0.25, -0.2) is 4.98 Å². The van der Waals surface area contributed by atoms with Gasteiger partial charge in [-0.1, -0.05) is 0 Å². The van der Waals surface area contributed by atoms with Gasteiger partial charge in [0.25, 0.3) is 0 Å². The van der Waals surface area contributed by atoms with Crippen LogP contribution in [-0.2, 0) is 11.2 Å². The van der Waals surface area contributed by atoms with Crippen molar-refractivity contribution in [2.75, 3.05) is 26.2 Å². The maximum Gasteiger partial charge on any atom is 0.228 e. The van der Waals surface area contributed by atoms with Crippen LogP contribution in [0, 0.1) is 11.8 Å². The topological polar surface area (TPSA) is 58.1 Å². The number of carbonyl (C=O) groups excluding carboxylic acids is 1. The molecule has 2 aromatic rings. The zero-order valence-electron chi connectivity index (χ0n) is 13.1. The Balaban J connectivity index is 0.00000104. The molecule has 2 atom stereocenters. The molecule has 0 aliphatic carbocycles. The molecule has 0 aromatic carbocycles. The highest BCUT2D eigenvalue weighted by atomic mass is 35.5. The van der Waals surface area contributed by atoms with Crippen LogP contribution in [0.5, 0.6) is 0 Å². The number of hydrogen-bond acceptors (Lipinski definition) is 5. The number of nitrogens with one attached hydrogen (secondary N) is 1. The molecule has 2 aliphatic heterocycles. The first-order valence-corrected chi connectivity index (χ1v) is 8.51. The Bertz CT molecular complexity index is 670. The summed E-state index contributed by atoms with van der Waals surface area (Å²) in [5.41, 5.74) is 1.87. The number of likely N-dealkylation sites (tertiary alicyclic amines) is 1. The third kappa shape index (κ3) is 3.88. The lowest BCUT2D eigenvalue weighted by Crippen LogP contribution is -2.33. The SMILES string of the molecule is Cl.Cl.O=C(Cc1csc(-c2cccnc2)n1)N1C[C@H]2CNC[C@H]2C1. The standard InChI is InChI=1S/C16H18N4OS.2ClH/c21-15(20-8-12-6-18-7-13(12)9-20)4-14-10-22-16(19-14)11-2-1-3-17-5-11;;/h1-3,5,10,12-13,18H,4,6-9H2;2*1H/t12-,13+;;. The molecule has 2 saturated heterocycles. The maximum absolute atomic E-state index is 12.4. The summed E-state index contributed by atoms with van der Waals surface area (Å²) in [6, 6.07) is 3.89. The lowest BCUT2D eigenvalue weighted by Gasteiger charge is -2.16. The van der Waals surface area contributed by atoms with Gasteiger partial charge in [-0.2, -0.15) is 0 Å². The summed E-state index contributed by atoms with van der Waals surface area (Å²) in [6.45, 7) is 3.90. The van der Waals surface area contributed by atoms with Crippen LogP contribution in [0.25, 0.3) is 10.6 Å². The van der Waals surface area contributed by atoms with Gasteiger partial charge in [0.2, 0.25) is 5.91 Å². The number of fused-ring (bicyclic) bond motifs is 1. The molecule has 24 heavy (non-hydrogen) atoms. The molecule has 1 amide bonds. The van der Waals surface area contributed by atoms with E-state index in [0.717, 1.165) is 42.4 Å². The van der Waals surface area contributed by atoms with E-state index in [2.05, 4.69) is 15.3 Å². The van der Waals surface area contributed by atoms with Crippen molar-refractivity contribution in [1.29, 1.82) is 0 Å². The lowest BCUT2D eigenvalue weighted by atomic mass is 10.0. The molecular weight excluding hydrogens is 367 g/mol. The summed E-state index contributed by atoms with van der Waals surface area (Å²) in [7, 11) is 0. The van der Waals surface area contributed by atoms with Gasteiger partial charge in [-0.3, -0.25) is 9.78 Å². The predicted octanol–water partition coefficient (Wildman–Crippen LogP) is 2.27. The number of thiazole rings is 1. The minimum atomic E-state index is 0. The Morgan fingerprint density at radius 1 is 1.29 bits per heavy atom. The van der Waals surface area contributed by atoms with Gasteiger partial charge < -0.3 is 10.2 Å². The van der Waals surface area contributed by atoms with Crippen molar-refractivity contribution in [3.05, 3.63) is 35.6 Å². The molecule has 0 bridgehead atoms. The molecule has 4 heterocycles. The fourth-order valence-corrected chi connectivity index (χ4v) is 4.15. The summed E-state index contributed by atoms with van der Waals surface area (Å²) >= 11 is 1.57.